The average molecular weight is 395 g/mol. The minimum absolute atomic E-state index is 0.0174. The Morgan fingerprint density at radius 1 is 0.536 bits per heavy atom. The maximum atomic E-state index is 11.9. The number of nitrogens with zero attached hydrogens (tertiary/aromatic N) is 2. The summed E-state index contributed by atoms with van der Waals surface area (Å²) >= 11 is 0. The average Bonchev–Trinajstić information content (AvgIpc) is 2.67. The van der Waals surface area contributed by atoms with Crippen LogP contribution in [0.1, 0.15) is 118 Å². The zero-order valence-corrected chi connectivity index (χ0v) is 18.6. The molecule has 0 atom stereocenters. The van der Waals surface area contributed by atoms with Crippen LogP contribution in [0, 0.1) is 0 Å². The molecule has 162 valence electrons. The molecule has 6 nitrogen and oxygen atoms in total. The lowest BCUT2D eigenvalue weighted by Gasteiger charge is -2.06. The smallest absolute Gasteiger partial charge is 0.240 e. The van der Waals surface area contributed by atoms with Crippen LogP contribution in [-0.4, -0.2) is 23.2 Å². The van der Waals surface area contributed by atoms with Gasteiger partial charge >= 0.3 is 0 Å². The van der Waals surface area contributed by atoms with Gasteiger partial charge in [0.2, 0.25) is 11.8 Å². The molecule has 0 aliphatic carbocycles. The standard InChI is InChI=1S/C22H42N4O2/c1-5-13-19(14-6-2)23-25-21(27)17-11-9-10-12-18-22(28)26-24-20(15-7-3)16-8-4/h5-18H2,1-4H3,(H,25,27)(H,26,28). The molecule has 0 fully saturated rings. The van der Waals surface area contributed by atoms with E-state index in [1.807, 2.05) is 0 Å². The minimum Gasteiger partial charge on any atom is -0.273 e. The van der Waals surface area contributed by atoms with E-state index >= 15 is 0 Å². The van der Waals surface area contributed by atoms with Crippen molar-refractivity contribution < 1.29 is 9.59 Å². The van der Waals surface area contributed by atoms with Crippen LogP contribution >= 0.6 is 0 Å². The monoisotopic (exact) mass is 394 g/mol. The summed E-state index contributed by atoms with van der Waals surface area (Å²) in [5.74, 6) is -0.0349. The molecular weight excluding hydrogens is 352 g/mol. The largest absolute Gasteiger partial charge is 0.273 e. The van der Waals surface area contributed by atoms with E-state index in [-0.39, 0.29) is 11.8 Å². The van der Waals surface area contributed by atoms with E-state index in [1.165, 1.54) is 0 Å². The number of hydrogen-bond donors (Lipinski definition) is 2. The van der Waals surface area contributed by atoms with Gasteiger partial charge in [0.1, 0.15) is 0 Å². The Morgan fingerprint density at radius 2 is 0.857 bits per heavy atom. The Bertz CT molecular complexity index is 427. The molecule has 0 rings (SSSR count). The van der Waals surface area contributed by atoms with Gasteiger partial charge in [0.25, 0.3) is 0 Å². The van der Waals surface area contributed by atoms with Gasteiger partial charge in [0.05, 0.1) is 0 Å². The van der Waals surface area contributed by atoms with Gasteiger partial charge in [-0.05, 0) is 38.5 Å². The number of carbonyl (C=O) groups excluding carboxylic acids is 2. The van der Waals surface area contributed by atoms with Gasteiger partial charge in [-0.1, -0.05) is 66.2 Å². The quantitative estimate of drug-likeness (QED) is 0.195. The third-order valence-electron chi connectivity index (χ3n) is 4.39. The number of carbonyl (C=O) groups is 2. The van der Waals surface area contributed by atoms with Crippen molar-refractivity contribution in [3.05, 3.63) is 0 Å². The van der Waals surface area contributed by atoms with Gasteiger partial charge in [0.15, 0.2) is 0 Å². The molecule has 0 bridgehead atoms. The molecule has 28 heavy (non-hydrogen) atoms. The summed E-state index contributed by atoms with van der Waals surface area (Å²) < 4.78 is 0. The molecule has 0 heterocycles. The summed E-state index contributed by atoms with van der Waals surface area (Å²) in [4.78, 5) is 23.7. The van der Waals surface area contributed by atoms with Gasteiger partial charge < -0.3 is 0 Å². The number of hydrazone groups is 2. The fourth-order valence-corrected chi connectivity index (χ4v) is 2.95. The third kappa shape index (κ3) is 15.3. The molecule has 2 N–H and O–H groups in total. The normalized spacial score (nSPS) is 10.3. The molecule has 0 radical (unpaired) electrons. The Kier molecular flexibility index (Phi) is 17.5. The summed E-state index contributed by atoms with van der Waals surface area (Å²) in [6, 6.07) is 0. The Balaban J connectivity index is 3.87. The number of nitrogens with one attached hydrogen (secondary N) is 2. The van der Waals surface area contributed by atoms with E-state index in [0.717, 1.165) is 88.5 Å². The molecule has 6 heteroatoms. The Hall–Kier alpha value is -1.72. The SMILES string of the molecule is CCCC(CCC)=NNC(=O)CCCCCCC(=O)NN=C(CCC)CCC. The summed E-state index contributed by atoms with van der Waals surface area (Å²) in [6.45, 7) is 8.48. The van der Waals surface area contributed by atoms with Crippen LogP contribution in [0.3, 0.4) is 0 Å². The molecular formula is C22H42N4O2. The lowest BCUT2D eigenvalue weighted by molar-refractivity contribution is -0.122. The molecule has 0 aliphatic heterocycles. The topological polar surface area (TPSA) is 82.9 Å². The van der Waals surface area contributed by atoms with E-state index < -0.39 is 0 Å². The van der Waals surface area contributed by atoms with Gasteiger partial charge in [0, 0.05) is 24.3 Å². The molecule has 0 saturated carbocycles. The lowest BCUT2D eigenvalue weighted by atomic mass is 10.1. The lowest BCUT2D eigenvalue weighted by Crippen LogP contribution is -2.19. The number of rotatable bonds is 17. The third-order valence-corrected chi connectivity index (χ3v) is 4.39. The first-order valence-electron chi connectivity index (χ1n) is 11.3. The fraction of sp³-hybridized carbons (Fsp3) is 0.818. The summed E-state index contributed by atoms with van der Waals surface area (Å²) in [5, 5.41) is 8.51. The van der Waals surface area contributed by atoms with Crippen LogP contribution < -0.4 is 10.9 Å². The number of unbranched alkanes of at least 4 members (excludes halogenated alkanes) is 3. The molecule has 0 aromatic rings. The van der Waals surface area contributed by atoms with Gasteiger partial charge in [-0.15, -0.1) is 0 Å². The van der Waals surface area contributed by atoms with Crippen molar-refractivity contribution in [1.82, 2.24) is 10.9 Å². The summed E-state index contributed by atoms with van der Waals surface area (Å²) in [5.41, 5.74) is 7.51. The van der Waals surface area contributed by atoms with Gasteiger partial charge in [-0.2, -0.15) is 10.2 Å². The highest BCUT2D eigenvalue weighted by Crippen LogP contribution is 2.06. The van der Waals surface area contributed by atoms with Crippen molar-refractivity contribution in [2.45, 2.75) is 118 Å². The highest BCUT2D eigenvalue weighted by Gasteiger charge is 2.04. The van der Waals surface area contributed by atoms with E-state index in [9.17, 15) is 9.59 Å². The highest BCUT2D eigenvalue weighted by atomic mass is 16.2. The van der Waals surface area contributed by atoms with Crippen LogP contribution in [0.2, 0.25) is 0 Å². The number of hydrogen-bond acceptors (Lipinski definition) is 4. The predicted molar refractivity (Wildman–Crippen MR) is 118 cm³/mol. The molecule has 0 unspecified atom stereocenters. The fourth-order valence-electron chi connectivity index (χ4n) is 2.95. The van der Waals surface area contributed by atoms with Crippen molar-refractivity contribution in [3.63, 3.8) is 0 Å². The van der Waals surface area contributed by atoms with Gasteiger partial charge in [-0.3, -0.25) is 9.59 Å². The maximum absolute atomic E-state index is 11.9. The second kappa shape index (κ2) is 18.6. The Labute approximate surface area is 172 Å². The van der Waals surface area contributed by atoms with Gasteiger partial charge in [-0.25, -0.2) is 10.9 Å². The van der Waals surface area contributed by atoms with Crippen LogP contribution in [0.4, 0.5) is 0 Å². The van der Waals surface area contributed by atoms with Crippen molar-refractivity contribution in [3.8, 4) is 0 Å². The van der Waals surface area contributed by atoms with Crippen molar-refractivity contribution >= 4 is 23.2 Å². The van der Waals surface area contributed by atoms with E-state index in [1.54, 1.807) is 0 Å². The maximum Gasteiger partial charge on any atom is 0.240 e. The molecule has 0 aliphatic rings. The molecule has 0 aromatic carbocycles. The van der Waals surface area contributed by atoms with Crippen LogP contribution in [0.15, 0.2) is 10.2 Å². The second-order valence-corrected chi connectivity index (χ2v) is 7.34. The zero-order valence-electron chi connectivity index (χ0n) is 18.6. The summed E-state index contributed by atoms with van der Waals surface area (Å²) in [7, 11) is 0. The molecule has 0 saturated heterocycles. The van der Waals surface area contributed by atoms with Crippen molar-refractivity contribution in [2.24, 2.45) is 10.2 Å². The second-order valence-electron chi connectivity index (χ2n) is 7.34. The minimum atomic E-state index is -0.0174. The van der Waals surface area contributed by atoms with E-state index in [2.05, 4.69) is 48.7 Å². The molecule has 2 amide bonds. The molecule has 0 aromatic heterocycles. The number of amides is 2. The van der Waals surface area contributed by atoms with E-state index in [0.29, 0.717) is 12.8 Å². The zero-order chi connectivity index (χ0) is 21.0. The van der Waals surface area contributed by atoms with Crippen LogP contribution in [0.25, 0.3) is 0 Å². The highest BCUT2D eigenvalue weighted by molar-refractivity contribution is 5.86. The first kappa shape index (κ1) is 26.3. The first-order valence-corrected chi connectivity index (χ1v) is 11.3. The van der Waals surface area contributed by atoms with Crippen LogP contribution in [-0.2, 0) is 9.59 Å². The van der Waals surface area contributed by atoms with Crippen molar-refractivity contribution in [2.75, 3.05) is 0 Å². The first-order chi connectivity index (χ1) is 13.6. The molecule has 0 spiro atoms. The van der Waals surface area contributed by atoms with E-state index in [4.69, 9.17) is 0 Å². The Morgan fingerprint density at radius 3 is 1.14 bits per heavy atom. The predicted octanol–water partition coefficient (Wildman–Crippen LogP) is 5.47. The van der Waals surface area contributed by atoms with Crippen molar-refractivity contribution in [1.29, 1.82) is 0 Å². The summed E-state index contributed by atoms with van der Waals surface area (Å²) in [6.07, 6.45) is 12.5. The van der Waals surface area contributed by atoms with Crippen LogP contribution in [0.5, 0.6) is 0 Å².